The van der Waals surface area contributed by atoms with Crippen LogP contribution in [0.1, 0.15) is 68.3 Å². The maximum Gasteiger partial charge on any atom is 0.315 e. The van der Waals surface area contributed by atoms with Crippen molar-refractivity contribution in [3.05, 3.63) is 47.2 Å². The van der Waals surface area contributed by atoms with Gasteiger partial charge in [-0.05, 0) is 63.9 Å². The average Bonchev–Trinajstić information content (AvgIpc) is 2.80. The molecule has 7 heteroatoms. The van der Waals surface area contributed by atoms with Crippen LogP contribution < -0.4 is 16.0 Å². The SMILES string of the molecule is CC(c1ccccc1)N(C(N)=O)C1CCC(Nc2nc3c(c(N(C)C)n2)CCCC3)CC1. The van der Waals surface area contributed by atoms with E-state index in [0.29, 0.717) is 6.04 Å². The number of rotatable bonds is 6. The number of primary amides is 1. The second-order valence-corrected chi connectivity index (χ2v) is 9.38. The minimum atomic E-state index is -0.341. The molecular weight excluding hydrogens is 400 g/mol. The van der Waals surface area contributed by atoms with Gasteiger partial charge >= 0.3 is 6.03 Å². The summed E-state index contributed by atoms with van der Waals surface area (Å²) in [7, 11) is 4.11. The summed E-state index contributed by atoms with van der Waals surface area (Å²) in [4.78, 5) is 26.0. The number of amides is 2. The standard InChI is InChI=1S/C25H36N6O/c1-17(18-9-5-4-6-10-18)31(24(26)32)20-15-13-19(14-16-20)27-25-28-22-12-8-7-11-21(22)23(29-25)30(2)3/h4-6,9-10,17,19-20H,7-8,11-16H2,1-3H3,(H2,26,32)(H,27,28,29). The Labute approximate surface area is 191 Å². The molecule has 1 heterocycles. The summed E-state index contributed by atoms with van der Waals surface area (Å²) in [6, 6.07) is 10.2. The maximum absolute atomic E-state index is 12.3. The Morgan fingerprint density at radius 1 is 1.06 bits per heavy atom. The Bertz CT molecular complexity index is 924. The first-order valence-corrected chi connectivity index (χ1v) is 11.9. The number of benzene rings is 1. The molecule has 1 fully saturated rings. The van der Waals surface area contributed by atoms with E-state index in [1.165, 1.54) is 24.1 Å². The Morgan fingerprint density at radius 2 is 1.75 bits per heavy atom. The molecule has 1 atom stereocenters. The summed E-state index contributed by atoms with van der Waals surface area (Å²) in [5.41, 5.74) is 9.44. The van der Waals surface area contributed by atoms with Gasteiger partial charge in [-0.1, -0.05) is 30.3 Å². The normalized spacial score (nSPS) is 21.3. The van der Waals surface area contributed by atoms with E-state index >= 15 is 0 Å². The number of carbonyl (C=O) groups is 1. The van der Waals surface area contributed by atoms with Gasteiger partial charge < -0.3 is 20.9 Å². The molecule has 1 unspecified atom stereocenters. The number of fused-ring (bicyclic) bond motifs is 1. The average molecular weight is 437 g/mol. The van der Waals surface area contributed by atoms with E-state index in [2.05, 4.69) is 43.4 Å². The van der Waals surface area contributed by atoms with E-state index in [9.17, 15) is 4.79 Å². The van der Waals surface area contributed by atoms with Crippen LogP contribution in [-0.4, -0.2) is 47.1 Å². The highest BCUT2D eigenvalue weighted by molar-refractivity contribution is 5.73. The van der Waals surface area contributed by atoms with Gasteiger partial charge in [0.15, 0.2) is 0 Å². The Kier molecular flexibility index (Phi) is 6.82. The van der Waals surface area contributed by atoms with Gasteiger partial charge in [-0.3, -0.25) is 0 Å². The molecule has 1 saturated carbocycles. The number of hydrogen-bond donors (Lipinski definition) is 2. The van der Waals surface area contributed by atoms with Crippen molar-refractivity contribution < 1.29 is 4.79 Å². The number of nitrogens with zero attached hydrogens (tertiary/aromatic N) is 4. The highest BCUT2D eigenvalue weighted by Crippen LogP contribution is 2.32. The minimum absolute atomic E-state index is 0.0326. The van der Waals surface area contributed by atoms with Crippen molar-refractivity contribution in [3.8, 4) is 0 Å². The fraction of sp³-hybridized carbons (Fsp3) is 0.560. The monoisotopic (exact) mass is 436 g/mol. The highest BCUT2D eigenvalue weighted by Gasteiger charge is 2.32. The molecule has 1 aromatic carbocycles. The van der Waals surface area contributed by atoms with Crippen molar-refractivity contribution >= 4 is 17.8 Å². The summed E-state index contributed by atoms with van der Waals surface area (Å²) in [6.45, 7) is 2.06. The van der Waals surface area contributed by atoms with E-state index in [0.717, 1.165) is 55.9 Å². The third-order valence-corrected chi connectivity index (χ3v) is 6.96. The molecule has 2 aliphatic rings. The first kappa shape index (κ1) is 22.4. The molecule has 2 aliphatic carbocycles. The van der Waals surface area contributed by atoms with Crippen LogP contribution in [0, 0.1) is 0 Å². The van der Waals surface area contributed by atoms with Gasteiger partial charge in [-0.15, -0.1) is 0 Å². The van der Waals surface area contributed by atoms with Gasteiger partial charge in [0, 0.05) is 31.7 Å². The Hall–Kier alpha value is -2.83. The van der Waals surface area contributed by atoms with E-state index in [1.54, 1.807) is 0 Å². The molecule has 172 valence electrons. The number of nitrogens with one attached hydrogen (secondary N) is 1. The molecule has 2 aromatic rings. The third-order valence-electron chi connectivity index (χ3n) is 6.96. The second-order valence-electron chi connectivity index (χ2n) is 9.38. The molecule has 0 radical (unpaired) electrons. The van der Waals surface area contributed by atoms with Crippen LogP contribution in [0.2, 0.25) is 0 Å². The molecule has 0 aliphatic heterocycles. The smallest absolute Gasteiger partial charge is 0.315 e. The van der Waals surface area contributed by atoms with Crippen molar-refractivity contribution in [2.45, 2.75) is 76.4 Å². The fourth-order valence-electron chi connectivity index (χ4n) is 5.27. The first-order valence-electron chi connectivity index (χ1n) is 11.9. The molecule has 0 saturated heterocycles. The van der Waals surface area contributed by atoms with Crippen molar-refractivity contribution in [2.24, 2.45) is 5.73 Å². The predicted octanol–water partition coefficient (Wildman–Crippen LogP) is 4.29. The zero-order valence-electron chi connectivity index (χ0n) is 19.6. The van der Waals surface area contributed by atoms with Crippen LogP contribution in [0.3, 0.4) is 0 Å². The van der Waals surface area contributed by atoms with E-state index < -0.39 is 0 Å². The Balaban J connectivity index is 1.42. The lowest BCUT2D eigenvalue weighted by Gasteiger charge is -2.39. The van der Waals surface area contributed by atoms with E-state index in [-0.39, 0.29) is 18.1 Å². The topological polar surface area (TPSA) is 87.4 Å². The van der Waals surface area contributed by atoms with Crippen molar-refractivity contribution in [1.29, 1.82) is 0 Å². The molecule has 3 N–H and O–H groups in total. The lowest BCUT2D eigenvalue weighted by Crippen LogP contribution is -2.47. The zero-order valence-corrected chi connectivity index (χ0v) is 19.6. The van der Waals surface area contributed by atoms with Crippen LogP contribution in [0.15, 0.2) is 30.3 Å². The van der Waals surface area contributed by atoms with E-state index in [1.807, 2.05) is 23.1 Å². The Morgan fingerprint density at radius 3 is 2.41 bits per heavy atom. The zero-order chi connectivity index (χ0) is 22.7. The number of aryl methyl sites for hydroxylation is 1. The van der Waals surface area contributed by atoms with Crippen molar-refractivity contribution in [1.82, 2.24) is 14.9 Å². The number of anilines is 2. The predicted molar refractivity (Wildman–Crippen MR) is 129 cm³/mol. The van der Waals surface area contributed by atoms with E-state index in [4.69, 9.17) is 15.7 Å². The van der Waals surface area contributed by atoms with Gasteiger partial charge in [0.1, 0.15) is 5.82 Å². The number of carbonyl (C=O) groups excluding carboxylic acids is 1. The highest BCUT2D eigenvalue weighted by atomic mass is 16.2. The van der Waals surface area contributed by atoms with Crippen LogP contribution in [0.5, 0.6) is 0 Å². The third kappa shape index (κ3) is 4.81. The lowest BCUT2D eigenvalue weighted by molar-refractivity contribution is 0.133. The molecule has 32 heavy (non-hydrogen) atoms. The van der Waals surface area contributed by atoms with Crippen LogP contribution in [0.25, 0.3) is 0 Å². The second kappa shape index (κ2) is 9.76. The summed E-state index contributed by atoms with van der Waals surface area (Å²) >= 11 is 0. The molecule has 0 bridgehead atoms. The number of nitrogens with two attached hydrogens (primary N) is 1. The van der Waals surface area contributed by atoms with Gasteiger partial charge in [0.05, 0.1) is 11.7 Å². The molecular formula is C25H36N6O. The summed E-state index contributed by atoms with van der Waals surface area (Å²) in [6.07, 6.45) is 8.28. The number of aromatic nitrogens is 2. The molecule has 4 rings (SSSR count). The van der Waals surface area contributed by atoms with Gasteiger partial charge in [0.25, 0.3) is 0 Å². The quantitative estimate of drug-likeness (QED) is 0.705. The molecule has 7 nitrogen and oxygen atoms in total. The maximum atomic E-state index is 12.3. The summed E-state index contributed by atoms with van der Waals surface area (Å²) in [5.74, 6) is 1.78. The molecule has 1 aromatic heterocycles. The molecule has 2 amide bonds. The fourth-order valence-corrected chi connectivity index (χ4v) is 5.27. The first-order chi connectivity index (χ1) is 15.4. The minimum Gasteiger partial charge on any atom is -0.362 e. The molecule has 0 spiro atoms. The summed E-state index contributed by atoms with van der Waals surface area (Å²) < 4.78 is 0. The van der Waals surface area contributed by atoms with Crippen molar-refractivity contribution in [2.75, 3.05) is 24.3 Å². The van der Waals surface area contributed by atoms with Crippen LogP contribution in [0.4, 0.5) is 16.6 Å². The number of urea groups is 1. The van der Waals surface area contributed by atoms with Gasteiger partial charge in [0.2, 0.25) is 5.95 Å². The largest absolute Gasteiger partial charge is 0.362 e. The van der Waals surface area contributed by atoms with Gasteiger partial charge in [-0.25, -0.2) is 9.78 Å². The van der Waals surface area contributed by atoms with Crippen molar-refractivity contribution in [3.63, 3.8) is 0 Å². The van der Waals surface area contributed by atoms with Crippen LogP contribution >= 0.6 is 0 Å². The van der Waals surface area contributed by atoms with Gasteiger partial charge in [-0.2, -0.15) is 4.98 Å². The summed E-state index contributed by atoms with van der Waals surface area (Å²) in [5, 5.41) is 3.59. The number of hydrogen-bond acceptors (Lipinski definition) is 5. The lowest BCUT2D eigenvalue weighted by atomic mass is 9.89. The van der Waals surface area contributed by atoms with Crippen LogP contribution in [-0.2, 0) is 12.8 Å².